The molecule has 0 bridgehead atoms. The van der Waals surface area contributed by atoms with Crippen molar-refractivity contribution in [2.75, 3.05) is 23.7 Å². The highest BCUT2D eigenvalue weighted by Crippen LogP contribution is 2.31. The molecule has 0 atom stereocenters. The molecule has 6 aromatic rings. The first kappa shape index (κ1) is 46.4. The van der Waals surface area contributed by atoms with E-state index in [0.717, 1.165) is 53.5 Å². The molecule has 6 aromatic carbocycles. The predicted octanol–water partition coefficient (Wildman–Crippen LogP) is 9.36. The molecule has 0 aliphatic heterocycles. The van der Waals surface area contributed by atoms with Crippen molar-refractivity contribution < 1.29 is 46.1 Å². The van der Waals surface area contributed by atoms with Crippen LogP contribution < -0.4 is 18.9 Å². The van der Waals surface area contributed by atoms with Crippen LogP contribution in [-0.4, -0.2) is 53.2 Å². The molecule has 0 aromatic heterocycles. The van der Waals surface area contributed by atoms with E-state index in [2.05, 4.69) is 9.44 Å². The van der Waals surface area contributed by atoms with Gasteiger partial charge in [0.25, 0.3) is 20.0 Å². The highest BCUT2D eigenvalue weighted by atomic mass is 32.2. The number of sulfonamides is 2. The van der Waals surface area contributed by atoms with Gasteiger partial charge in [0, 0.05) is 6.07 Å². The third-order valence-corrected chi connectivity index (χ3v) is 12.9. The van der Waals surface area contributed by atoms with Gasteiger partial charge >= 0.3 is 11.9 Å². The maximum atomic E-state index is 13.1. The number of benzene rings is 6. The summed E-state index contributed by atoms with van der Waals surface area (Å²) in [5.41, 5.74) is 7.19. The van der Waals surface area contributed by atoms with E-state index in [0.29, 0.717) is 35.5 Å². The SMILES string of the molecule is COc1ccc(OC)c(S(=O)(=O)Nc2ccccc2CCCc2ccc(C(=O)O)cc2)c1.Cc1ccc(S(=O)(=O)Nc2ccccc2CCCc2ccc(C(=O)O)cc2)c(C)c1. The first-order valence-electron chi connectivity index (χ1n) is 19.8. The third kappa shape index (κ3) is 12.7. The maximum Gasteiger partial charge on any atom is 0.335 e. The Balaban J connectivity index is 0.000000235. The molecule has 12 nitrogen and oxygen atoms in total. The summed E-state index contributed by atoms with van der Waals surface area (Å²) in [6.07, 6.45) is 4.45. The van der Waals surface area contributed by atoms with Crippen LogP contribution in [0.25, 0.3) is 0 Å². The van der Waals surface area contributed by atoms with Gasteiger partial charge < -0.3 is 19.7 Å². The van der Waals surface area contributed by atoms with Gasteiger partial charge in [0.15, 0.2) is 0 Å². The third-order valence-electron chi connectivity index (χ3n) is 10.0. The summed E-state index contributed by atoms with van der Waals surface area (Å²) in [7, 11) is -4.71. The smallest absolute Gasteiger partial charge is 0.335 e. The van der Waals surface area contributed by atoms with Crippen LogP contribution in [0.3, 0.4) is 0 Å². The van der Waals surface area contributed by atoms with E-state index in [9.17, 15) is 26.4 Å². The number of aryl methyl sites for hydroxylation is 6. The van der Waals surface area contributed by atoms with Crippen LogP contribution >= 0.6 is 0 Å². The zero-order valence-electron chi connectivity index (χ0n) is 34.9. The first-order chi connectivity index (χ1) is 29.6. The van der Waals surface area contributed by atoms with Crippen molar-refractivity contribution in [3.05, 3.63) is 178 Å². The van der Waals surface area contributed by atoms with Crippen molar-refractivity contribution in [3.8, 4) is 11.5 Å². The number of methoxy groups -OCH3 is 2. The van der Waals surface area contributed by atoms with Crippen molar-refractivity contribution in [3.63, 3.8) is 0 Å². The molecule has 6 rings (SSSR count). The second-order valence-electron chi connectivity index (χ2n) is 14.5. The van der Waals surface area contributed by atoms with E-state index >= 15 is 0 Å². The Morgan fingerprint density at radius 3 is 1.44 bits per heavy atom. The van der Waals surface area contributed by atoms with Crippen LogP contribution in [0.2, 0.25) is 0 Å². The molecule has 0 heterocycles. The number of hydrogen-bond acceptors (Lipinski definition) is 8. The molecule has 324 valence electrons. The predicted molar refractivity (Wildman–Crippen MR) is 241 cm³/mol. The quantitative estimate of drug-likeness (QED) is 0.0649. The molecule has 14 heteroatoms. The molecule has 0 radical (unpaired) electrons. The largest absolute Gasteiger partial charge is 0.497 e. The lowest BCUT2D eigenvalue weighted by Gasteiger charge is -2.15. The van der Waals surface area contributed by atoms with Crippen LogP contribution in [0.15, 0.2) is 143 Å². The fraction of sp³-hybridized carbons (Fsp3) is 0.208. The van der Waals surface area contributed by atoms with Gasteiger partial charge in [0.2, 0.25) is 0 Å². The normalized spacial score (nSPS) is 11.2. The fourth-order valence-electron chi connectivity index (χ4n) is 6.76. The van der Waals surface area contributed by atoms with Crippen LogP contribution in [0, 0.1) is 13.8 Å². The minimum absolute atomic E-state index is 0.00678. The van der Waals surface area contributed by atoms with Crippen LogP contribution in [0.5, 0.6) is 11.5 Å². The molecular weight excluding hydrogens is 829 g/mol. The highest BCUT2D eigenvalue weighted by molar-refractivity contribution is 7.93. The number of carboxylic acids is 2. The molecule has 0 saturated carbocycles. The lowest BCUT2D eigenvalue weighted by molar-refractivity contribution is 0.0686. The minimum atomic E-state index is -3.91. The molecule has 0 aliphatic rings. The minimum Gasteiger partial charge on any atom is -0.497 e. The number of rotatable bonds is 18. The number of hydrogen-bond donors (Lipinski definition) is 4. The Morgan fingerprint density at radius 2 is 1.00 bits per heavy atom. The van der Waals surface area contributed by atoms with Gasteiger partial charge in [-0.25, -0.2) is 26.4 Å². The van der Waals surface area contributed by atoms with Crippen LogP contribution in [0.1, 0.15) is 66.9 Å². The second kappa shape index (κ2) is 21.2. The second-order valence-corrected chi connectivity index (χ2v) is 17.8. The zero-order valence-corrected chi connectivity index (χ0v) is 36.6. The molecule has 0 amide bonds. The number of carboxylic acid groups (broad SMARTS) is 2. The molecule has 0 spiro atoms. The summed E-state index contributed by atoms with van der Waals surface area (Å²) >= 11 is 0. The molecule has 0 aliphatic carbocycles. The summed E-state index contributed by atoms with van der Waals surface area (Å²) in [5.74, 6) is -1.26. The number of ether oxygens (including phenoxy) is 2. The van der Waals surface area contributed by atoms with Gasteiger partial charge in [-0.05, 0) is 135 Å². The number of aromatic carboxylic acids is 2. The highest BCUT2D eigenvalue weighted by Gasteiger charge is 2.22. The molecular formula is C48H50N2O10S2. The standard InChI is InChI=1S/C24H25NO6S.C24H25NO4S/c1-30-20-14-15-22(31-2)23(16-20)32(28,29)25-21-9-4-3-7-18(21)8-5-6-17-10-12-19(13-11-17)24(26)27;1-17-10-15-23(18(2)16-17)30(28,29)25-22-9-4-3-7-20(22)8-5-6-19-11-13-21(14-12-19)24(26)27/h3-4,7,9-16,25H,5-6,8H2,1-2H3,(H,26,27);3-4,7,9-16,25H,5-6,8H2,1-2H3,(H,26,27). The van der Waals surface area contributed by atoms with Crippen molar-refractivity contribution in [1.29, 1.82) is 0 Å². The molecule has 0 fully saturated rings. The summed E-state index contributed by atoms with van der Waals surface area (Å²) in [6.45, 7) is 3.73. The Labute approximate surface area is 363 Å². The number of nitrogens with one attached hydrogen (secondary N) is 2. The van der Waals surface area contributed by atoms with Gasteiger partial charge in [-0.15, -0.1) is 0 Å². The van der Waals surface area contributed by atoms with E-state index < -0.39 is 32.0 Å². The Hall–Kier alpha value is -6.64. The maximum absolute atomic E-state index is 13.1. The Bertz CT molecular complexity index is 2720. The van der Waals surface area contributed by atoms with Crippen molar-refractivity contribution in [2.45, 2.75) is 62.2 Å². The monoisotopic (exact) mass is 878 g/mol. The first-order valence-corrected chi connectivity index (χ1v) is 22.7. The van der Waals surface area contributed by atoms with E-state index in [1.807, 2.05) is 55.5 Å². The number of carbonyl (C=O) groups is 2. The fourth-order valence-corrected chi connectivity index (χ4v) is 9.38. The Kier molecular flexibility index (Phi) is 15.9. The summed E-state index contributed by atoms with van der Waals surface area (Å²) in [4.78, 5) is 22.2. The van der Waals surface area contributed by atoms with Gasteiger partial charge in [-0.3, -0.25) is 9.44 Å². The topological polar surface area (TPSA) is 185 Å². The average molecular weight is 879 g/mol. The van der Waals surface area contributed by atoms with E-state index in [4.69, 9.17) is 19.7 Å². The van der Waals surface area contributed by atoms with Crippen molar-refractivity contribution in [2.24, 2.45) is 0 Å². The lowest BCUT2D eigenvalue weighted by Crippen LogP contribution is -2.15. The molecule has 62 heavy (non-hydrogen) atoms. The van der Waals surface area contributed by atoms with Crippen molar-refractivity contribution >= 4 is 43.4 Å². The number of para-hydroxylation sites is 2. The zero-order chi connectivity index (χ0) is 44.9. The van der Waals surface area contributed by atoms with Crippen molar-refractivity contribution in [1.82, 2.24) is 0 Å². The average Bonchev–Trinajstić information content (AvgIpc) is 3.25. The lowest BCUT2D eigenvalue weighted by atomic mass is 10.0. The van der Waals surface area contributed by atoms with Gasteiger partial charge in [0.05, 0.1) is 41.6 Å². The van der Waals surface area contributed by atoms with Gasteiger partial charge in [-0.2, -0.15) is 0 Å². The van der Waals surface area contributed by atoms with E-state index in [1.165, 1.54) is 20.3 Å². The van der Waals surface area contributed by atoms with Gasteiger partial charge in [-0.1, -0.05) is 78.4 Å². The van der Waals surface area contributed by atoms with Crippen LogP contribution in [-0.2, 0) is 45.7 Å². The van der Waals surface area contributed by atoms with E-state index in [-0.39, 0.29) is 26.7 Å². The number of anilines is 2. The molecule has 0 saturated heterocycles. The van der Waals surface area contributed by atoms with Gasteiger partial charge in [0.1, 0.15) is 16.4 Å². The van der Waals surface area contributed by atoms with E-state index in [1.54, 1.807) is 85.8 Å². The molecule has 4 N–H and O–H groups in total. The summed E-state index contributed by atoms with van der Waals surface area (Å²) in [5, 5.41) is 18.0. The summed E-state index contributed by atoms with van der Waals surface area (Å²) < 4.78 is 67.8. The summed E-state index contributed by atoms with van der Waals surface area (Å²) in [6, 6.07) is 38.1. The molecule has 0 unspecified atom stereocenters. The Morgan fingerprint density at radius 1 is 0.532 bits per heavy atom. The van der Waals surface area contributed by atoms with Crippen LogP contribution in [0.4, 0.5) is 11.4 Å².